The summed E-state index contributed by atoms with van der Waals surface area (Å²) < 4.78 is 1.82. The lowest BCUT2D eigenvalue weighted by Gasteiger charge is -2.20. The fraction of sp³-hybridized carbons (Fsp3) is 0.533. The SMILES string of the molecule is CNC(=O)c1cnn2c(C3CCN(C(C)C)C3)ccnc12. The summed E-state index contributed by atoms with van der Waals surface area (Å²) in [6.07, 6.45) is 4.49. The van der Waals surface area contributed by atoms with Gasteiger partial charge in [0.1, 0.15) is 5.56 Å². The second-order valence-electron chi connectivity index (χ2n) is 5.82. The van der Waals surface area contributed by atoms with E-state index in [9.17, 15) is 4.79 Å². The molecule has 0 bridgehead atoms. The van der Waals surface area contributed by atoms with Crippen molar-refractivity contribution in [3.8, 4) is 0 Å². The lowest BCUT2D eigenvalue weighted by Crippen LogP contribution is -2.28. The standard InChI is InChI=1S/C15H21N5O/c1-10(2)19-7-5-11(9-19)13-4-6-17-14-12(15(21)16-3)8-18-20(13)14/h4,6,8,10-11H,5,7,9H2,1-3H3,(H,16,21). The lowest BCUT2D eigenvalue weighted by atomic mass is 10.0. The van der Waals surface area contributed by atoms with Crippen molar-refractivity contribution in [3.63, 3.8) is 0 Å². The summed E-state index contributed by atoms with van der Waals surface area (Å²) >= 11 is 0. The number of carbonyl (C=O) groups is 1. The number of rotatable bonds is 3. The summed E-state index contributed by atoms with van der Waals surface area (Å²) in [7, 11) is 1.62. The van der Waals surface area contributed by atoms with Gasteiger partial charge in [-0.3, -0.25) is 4.79 Å². The van der Waals surface area contributed by atoms with Gasteiger partial charge in [-0.15, -0.1) is 0 Å². The molecule has 0 saturated carbocycles. The number of aromatic nitrogens is 3. The van der Waals surface area contributed by atoms with Crippen LogP contribution in [0.15, 0.2) is 18.5 Å². The van der Waals surface area contributed by atoms with Crippen LogP contribution < -0.4 is 5.32 Å². The van der Waals surface area contributed by atoms with E-state index in [-0.39, 0.29) is 5.91 Å². The van der Waals surface area contributed by atoms with E-state index in [2.05, 4.69) is 34.1 Å². The zero-order valence-corrected chi connectivity index (χ0v) is 12.7. The predicted octanol–water partition coefficient (Wildman–Crippen LogP) is 1.29. The smallest absolute Gasteiger partial charge is 0.256 e. The summed E-state index contributed by atoms with van der Waals surface area (Å²) in [6, 6.07) is 2.58. The zero-order valence-electron chi connectivity index (χ0n) is 12.7. The molecule has 6 heteroatoms. The number of likely N-dealkylation sites (tertiary alicyclic amines) is 1. The molecule has 21 heavy (non-hydrogen) atoms. The molecule has 0 aromatic carbocycles. The Hall–Kier alpha value is -1.95. The average molecular weight is 287 g/mol. The second kappa shape index (κ2) is 5.44. The summed E-state index contributed by atoms with van der Waals surface area (Å²) in [4.78, 5) is 18.6. The molecule has 1 N–H and O–H groups in total. The topological polar surface area (TPSA) is 62.5 Å². The Kier molecular flexibility index (Phi) is 3.63. The highest BCUT2D eigenvalue weighted by Gasteiger charge is 2.28. The average Bonchev–Trinajstić information content (AvgIpc) is 3.13. The number of carbonyl (C=O) groups excluding carboxylic acids is 1. The van der Waals surface area contributed by atoms with Crippen molar-refractivity contribution in [2.45, 2.75) is 32.2 Å². The number of nitrogens with one attached hydrogen (secondary N) is 1. The van der Waals surface area contributed by atoms with Gasteiger partial charge in [0.25, 0.3) is 5.91 Å². The van der Waals surface area contributed by atoms with Gasteiger partial charge in [-0.1, -0.05) is 0 Å². The molecule has 1 amide bonds. The van der Waals surface area contributed by atoms with Crippen LogP contribution in [-0.4, -0.2) is 51.6 Å². The Morgan fingerprint density at radius 1 is 1.48 bits per heavy atom. The maximum Gasteiger partial charge on any atom is 0.256 e. The summed E-state index contributed by atoms with van der Waals surface area (Å²) in [5.41, 5.74) is 2.30. The van der Waals surface area contributed by atoms with E-state index in [1.54, 1.807) is 19.4 Å². The molecule has 6 nitrogen and oxygen atoms in total. The number of amides is 1. The third-order valence-electron chi connectivity index (χ3n) is 4.27. The van der Waals surface area contributed by atoms with Gasteiger partial charge in [-0.05, 0) is 32.9 Å². The van der Waals surface area contributed by atoms with Crippen molar-refractivity contribution in [1.82, 2.24) is 24.8 Å². The Morgan fingerprint density at radius 2 is 2.29 bits per heavy atom. The largest absolute Gasteiger partial charge is 0.355 e. The molecule has 112 valence electrons. The molecule has 1 aliphatic heterocycles. The highest BCUT2D eigenvalue weighted by molar-refractivity contribution is 5.99. The van der Waals surface area contributed by atoms with Gasteiger partial charge in [-0.25, -0.2) is 9.50 Å². The summed E-state index contributed by atoms with van der Waals surface area (Å²) in [6.45, 7) is 6.59. The van der Waals surface area contributed by atoms with Crippen molar-refractivity contribution in [1.29, 1.82) is 0 Å². The molecule has 0 spiro atoms. The van der Waals surface area contributed by atoms with Crippen molar-refractivity contribution in [3.05, 3.63) is 29.7 Å². The fourth-order valence-electron chi connectivity index (χ4n) is 3.01. The van der Waals surface area contributed by atoms with Crippen molar-refractivity contribution in [2.75, 3.05) is 20.1 Å². The Balaban J connectivity index is 1.97. The van der Waals surface area contributed by atoms with Crippen LogP contribution in [0.1, 0.15) is 42.2 Å². The van der Waals surface area contributed by atoms with Crippen LogP contribution in [0.2, 0.25) is 0 Å². The molecule has 2 aromatic heterocycles. The monoisotopic (exact) mass is 287 g/mol. The minimum absolute atomic E-state index is 0.148. The van der Waals surface area contributed by atoms with E-state index in [1.807, 2.05) is 10.6 Å². The minimum Gasteiger partial charge on any atom is -0.355 e. The van der Waals surface area contributed by atoms with Crippen LogP contribution in [0, 0.1) is 0 Å². The molecule has 3 heterocycles. The number of nitrogens with zero attached hydrogens (tertiary/aromatic N) is 4. The molecule has 1 saturated heterocycles. The van der Waals surface area contributed by atoms with Crippen LogP contribution in [0.25, 0.3) is 5.65 Å². The van der Waals surface area contributed by atoms with Gasteiger partial charge < -0.3 is 10.2 Å². The molecular formula is C15H21N5O. The molecule has 1 unspecified atom stereocenters. The highest BCUT2D eigenvalue weighted by Crippen LogP contribution is 2.28. The second-order valence-corrected chi connectivity index (χ2v) is 5.82. The van der Waals surface area contributed by atoms with Gasteiger partial charge in [0.15, 0.2) is 5.65 Å². The van der Waals surface area contributed by atoms with E-state index in [0.29, 0.717) is 23.2 Å². The first-order chi connectivity index (χ1) is 10.1. The number of hydrogen-bond donors (Lipinski definition) is 1. The van der Waals surface area contributed by atoms with Gasteiger partial charge in [0.05, 0.1) is 11.9 Å². The van der Waals surface area contributed by atoms with E-state index >= 15 is 0 Å². The zero-order chi connectivity index (χ0) is 15.0. The molecule has 2 aromatic rings. The Morgan fingerprint density at radius 3 is 2.95 bits per heavy atom. The van der Waals surface area contributed by atoms with E-state index in [0.717, 1.165) is 25.2 Å². The first kappa shape index (κ1) is 14.0. The molecule has 1 aliphatic rings. The first-order valence-electron chi connectivity index (χ1n) is 7.40. The van der Waals surface area contributed by atoms with E-state index in [4.69, 9.17) is 0 Å². The Labute approximate surface area is 124 Å². The minimum atomic E-state index is -0.148. The van der Waals surface area contributed by atoms with Crippen LogP contribution in [-0.2, 0) is 0 Å². The van der Waals surface area contributed by atoms with Crippen molar-refractivity contribution in [2.24, 2.45) is 0 Å². The lowest BCUT2D eigenvalue weighted by molar-refractivity contribution is 0.0964. The maximum absolute atomic E-state index is 11.8. The van der Waals surface area contributed by atoms with Gasteiger partial charge >= 0.3 is 0 Å². The third kappa shape index (κ3) is 2.40. The quantitative estimate of drug-likeness (QED) is 0.924. The Bertz CT molecular complexity index is 663. The summed E-state index contributed by atoms with van der Waals surface area (Å²) in [5, 5.41) is 7.01. The van der Waals surface area contributed by atoms with Gasteiger partial charge in [-0.2, -0.15) is 5.10 Å². The molecule has 1 atom stereocenters. The number of hydrogen-bond acceptors (Lipinski definition) is 4. The molecule has 0 radical (unpaired) electrons. The van der Waals surface area contributed by atoms with Gasteiger partial charge in [0, 0.05) is 31.7 Å². The predicted molar refractivity (Wildman–Crippen MR) is 80.4 cm³/mol. The van der Waals surface area contributed by atoms with Gasteiger partial charge in [0.2, 0.25) is 0 Å². The molecule has 1 fully saturated rings. The van der Waals surface area contributed by atoms with Crippen LogP contribution in [0.5, 0.6) is 0 Å². The maximum atomic E-state index is 11.8. The van der Waals surface area contributed by atoms with Crippen LogP contribution in [0.4, 0.5) is 0 Å². The van der Waals surface area contributed by atoms with E-state index in [1.165, 1.54) is 0 Å². The summed E-state index contributed by atoms with van der Waals surface area (Å²) in [5.74, 6) is 0.292. The molecular weight excluding hydrogens is 266 g/mol. The molecule has 0 aliphatic carbocycles. The van der Waals surface area contributed by atoms with Crippen LogP contribution in [0.3, 0.4) is 0 Å². The highest BCUT2D eigenvalue weighted by atomic mass is 16.1. The van der Waals surface area contributed by atoms with Crippen molar-refractivity contribution >= 4 is 11.6 Å². The normalized spacial score (nSPS) is 19.5. The van der Waals surface area contributed by atoms with E-state index < -0.39 is 0 Å². The third-order valence-corrected chi connectivity index (χ3v) is 4.27. The van der Waals surface area contributed by atoms with Crippen molar-refractivity contribution < 1.29 is 4.79 Å². The fourth-order valence-corrected chi connectivity index (χ4v) is 3.01. The first-order valence-corrected chi connectivity index (χ1v) is 7.40. The van der Waals surface area contributed by atoms with Crippen LogP contribution >= 0.6 is 0 Å². The molecule has 3 rings (SSSR count). The number of fused-ring (bicyclic) bond motifs is 1.